The molecule has 0 aliphatic heterocycles. The van der Waals surface area contributed by atoms with Crippen molar-refractivity contribution in [2.24, 2.45) is 0 Å². The number of carboxylic acid groups (broad SMARTS) is 1. The minimum atomic E-state index is -0.903. The SMILES string of the molecule is O=C(O)c1ccc2c(ccn2Cc2ccoc2)c1. The minimum Gasteiger partial charge on any atom is -0.478 e. The van der Waals surface area contributed by atoms with Crippen LogP contribution in [0.3, 0.4) is 0 Å². The van der Waals surface area contributed by atoms with Crippen LogP contribution in [0, 0.1) is 0 Å². The smallest absolute Gasteiger partial charge is 0.335 e. The van der Waals surface area contributed by atoms with Gasteiger partial charge in [0.15, 0.2) is 0 Å². The summed E-state index contributed by atoms with van der Waals surface area (Å²) >= 11 is 0. The van der Waals surface area contributed by atoms with Crippen LogP contribution in [0.25, 0.3) is 10.9 Å². The number of nitrogens with zero attached hydrogens (tertiary/aromatic N) is 1. The quantitative estimate of drug-likeness (QED) is 0.766. The predicted octanol–water partition coefficient (Wildman–Crippen LogP) is 2.98. The number of hydrogen-bond acceptors (Lipinski definition) is 2. The summed E-state index contributed by atoms with van der Waals surface area (Å²) in [6.45, 7) is 0.715. The summed E-state index contributed by atoms with van der Waals surface area (Å²) in [4.78, 5) is 10.9. The summed E-state index contributed by atoms with van der Waals surface area (Å²) < 4.78 is 7.10. The van der Waals surface area contributed by atoms with E-state index in [-0.39, 0.29) is 0 Å². The largest absolute Gasteiger partial charge is 0.478 e. The Morgan fingerprint density at radius 2 is 2.17 bits per heavy atom. The van der Waals surface area contributed by atoms with Crippen molar-refractivity contribution in [2.45, 2.75) is 6.54 Å². The topological polar surface area (TPSA) is 55.4 Å². The molecule has 0 aliphatic rings. The number of furan rings is 1. The molecule has 0 spiro atoms. The number of fused-ring (bicyclic) bond motifs is 1. The Balaban J connectivity index is 2.02. The van der Waals surface area contributed by atoms with E-state index in [1.54, 1.807) is 24.7 Å². The predicted molar refractivity (Wildman–Crippen MR) is 66.7 cm³/mol. The van der Waals surface area contributed by atoms with Gasteiger partial charge in [-0.3, -0.25) is 0 Å². The summed E-state index contributed by atoms with van der Waals surface area (Å²) in [7, 11) is 0. The lowest BCUT2D eigenvalue weighted by molar-refractivity contribution is 0.0697. The Bertz CT molecular complexity index is 695. The molecule has 18 heavy (non-hydrogen) atoms. The monoisotopic (exact) mass is 241 g/mol. The zero-order chi connectivity index (χ0) is 12.5. The van der Waals surface area contributed by atoms with Crippen molar-refractivity contribution in [1.82, 2.24) is 4.57 Å². The molecule has 4 nitrogen and oxygen atoms in total. The maximum Gasteiger partial charge on any atom is 0.335 e. The number of aromatic carboxylic acids is 1. The third-order valence-corrected chi connectivity index (χ3v) is 2.95. The average Bonchev–Trinajstić information content (AvgIpc) is 2.99. The van der Waals surface area contributed by atoms with E-state index in [9.17, 15) is 4.79 Å². The van der Waals surface area contributed by atoms with Crippen molar-refractivity contribution in [1.29, 1.82) is 0 Å². The number of carbonyl (C=O) groups is 1. The van der Waals surface area contributed by atoms with Crippen molar-refractivity contribution in [3.63, 3.8) is 0 Å². The molecule has 1 aromatic carbocycles. The van der Waals surface area contributed by atoms with Gasteiger partial charge in [-0.2, -0.15) is 0 Å². The highest BCUT2D eigenvalue weighted by atomic mass is 16.4. The molecule has 3 aromatic rings. The Kier molecular flexibility index (Phi) is 2.41. The second kappa shape index (κ2) is 4.07. The van der Waals surface area contributed by atoms with Gasteiger partial charge in [-0.25, -0.2) is 4.79 Å². The number of hydrogen-bond donors (Lipinski definition) is 1. The molecule has 0 atom stereocenters. The summed E-state index contributed by atoms with van der Waals surface area (Å²) in [5.74, 6) is -0.903. The Labute approximate surface area is 103 Å². The van der Waals surface area contributed by atoms with Crippen molar-refractivity contribution >= 4 is 16.9 Å². The average molecular weight is 241 g/mol. The highest BCUT2D eigenvalue weighted by Crippen LogP contribution is 2.19. The molecule has 2 heterocycles. The lowest BCUT2D eigenvalue weighted by Crippen LogP contribution is -1.98. The van der Waals surface area contributed by atoms with Crippen LogP contribution in [-0.4, -0.2) is 15.6 Å². The van der Waals surface area contributed by atoms with Crippen LogP contribution in [-0.2, 0) is 6.54 Å². The molecule has 0 unspecified atom stereocenters. The molecule has 90 valence electrons. The first kappa shape index (κ1) is 10.7. The fraction of sp³-hybridized carbons (Fsp3) is 0.0714. The molecule has 2 aromatic heterocycles. The van der Waals surface area contributed by atoms with E-state index in [1.807, 2.05) is 24.4 Å². The molecule has 0 radical (unpaired) electrons. The van der Waals surface area contributed by atoms with Gasteiger partial charge in [0.1, 0.15) is 0 Å². The van der Waals surface area contributed by atoms with Crippen LogP contribution in [0.2, 0.25) is 0 Å². The Morgan fingerprint density at radius 1 is 1.28 bits per heavy atom. The van der Waals surface area contributed by atoms with Gasteiger partial charge in [0.25, 0.3) is 0 Å². The van der Waals surface area contributed by atoms with E-state index in [4.69, 9.17) is 9.52 Å². The van der Waals surface area contributed by atoms with Crippen molar-refractivity contribution in [2.75, 3.05) is 0 Å². The van der Waals surface area contributed by atoms with Crippen molar-refractivity contribution < 1.29 is 14.3 Å². The third-order valence-electron chi connectivity index (χ3n) is 2.95. The first-order valence-electron chi connectivity index (χ1n) is 5.57. The molecule has 4 heteroatoms. The Hall–Kier alpha value is -2.49. The van der Waals surface area contributed by atoms with E-state index in [1.165, 1.54) is 0 Å². The van der Waals surface area contributed by atoms with E-state index in [0.29, 0.717) is 12.1 Å². The summed E-state index contributed by atoms with van der Waals surface area (Å²) in [5.41, 5.74) is 2.40. The van der Waals surface area contributed by atoms with Gasteiger partial charge >= 0.3 is 5.97 Å². The molecule has 0 amide bonds. The molecule has 0 aliphatic carbocycles. The number of aromatic nitrogens is 1. The second-order valence-corrected chi connectivity index (χ2v) is 4.15. The number of rotatable bonds is 3. The van der Waals surface area contributed by atoms with Gasteiger partial charge in [0, 0.05) is 22.7 Å². The first-order valence-corrected chi connectivity index (χ1v) is 5.57. The number of carboxylic acids is 1. The molecule has 3 rings (SSSR count). The van der Waals surface area contributed by atoms with E-state index in [0.717, 1.165) is 16.5 Å². The maximum absolute atomic E-state index is 10.9. The van der Waals surface area contributed by atoms with E-state index < -0.39 is 5.97 Å². The van der Waals surface area contributed by atoms with E-state index in [2.05, 4.69) is 4.57 Å². The zero-order valence-electron chi connectivity index (χ0n) is 9.54. The van der Waals surface area contributed by atoms with Crippen LogP contribution in [0.15, 0.2) is 53.5 Å². The summed E-state index contributed by atoms with van der Waals surface area (Å²) in [6.07, 6.45) is 5.30. The normalized spacial score (nSPS) is 10.9. The van der Waals surface area contributed by atoms with Crippen LogP contribution in [0.1, 0.15) is 15.9 Å². The molecular weight excluding hydrogens is 230 g/mol. The molecule has 0 fully saturated rings. The minimum absolute atomic E-state index is 0.309. The van der Waals surface area contributed by atoms with Gasteiger partial charge in [0.05, 0.1) is 24.6 Å². The lowest BCUT2D eigenvalue weighted by Gasteiger charge is -2.03. The van der Waals surface area contributed by atoms with Gasteiger partial charge < -0.3 is 14.1 Å². The molecular formula is C14H11NO3. The van der Waals surface area contributed by atoms with Crippen LogP contribution in [0.4, 0.5) is 0 Å². The van der Waals surface area contributed by atoms with Crippen LogP contribution in [0.5, 0.6) is 0 Å². The van der Waals surface area contributed by atoms with Crippen molar-refractivity contribution in [3.05, 3.63) is 60.2 Å². The van der Waals surface area contributed by atoms with Crippen LogP contribution < -0.4 is 0 Å². The second-order valence-electron chi connectivity index (χ2n) is 4.15. The fourth-order valence-corrected chi connectivity index (χ4v) is 2.05. The van der Waals surface area contributed by atoms with Gasteiger partial charge in [-0.1, -0.05) is 0 Å². The van der Waals surface area contributed by atoms with Crippen molar-refractivity contribution in [3.8, 4) is 0 Å². The van der Waals surface area contributed by atoms with E-state index >= 15 is 0 Å². The highest BCUT2D eigenvalue weighted by molar-refractivity contribution is 5.93. The Morgan fingerprint density at radius 3 is 2.89 bits per heavy atom. The third kappa shape index (κ3) is 1.78. The highest BCUT2D eigenvalue weighted by Gasteiger charge is 2.07. The molecule has 0 bridgehead atoms. The number of benzene rings is 1. The van der Waals surface area contributed by atoms with Gasteiger partial charge in [0.2, 0.25) is 0 Å². The first-order chi connectivity index (χ1) is 8.74. The van der Waals surface area contributed by atoms with Crippen LogP contribution >= 0.6 is 0 Å². The molecule has 0 saturated carbocycles. The molecule has 1 N–H and O–H groups in total. The lowest BCUT2D eigenvalue weighted by atomic mass is 10.1. The van der Waals surface area contributed by atoms with Gasteiger partial charge in [-0.15, -0.1) is 0 Å². The summed E-state index contributed by atoms with van der Waals surface area (Å²) in [6, 6.07) is 8.97. The maximum atomic E-state index is 10.9. The summed E-state index contributed by atoms with van der Waals surface area (Å²) in [5, 5.41) is 9.87. The standard InChI is InChI=1S/C14H11NO3/c16-14(17)12-1-2-13-11(7-12)3-5-15(13)8-10-4-6-18-9-10/h1-7,9H,8H2,(H,16,17). The fourth-order valence-electron chi connectivity index (χ4n) is 2.05. The molecule has 0 saturated heterocycles. The zero-order valence-corrected chi connectivity index (χ0v) is 9.54. The van der Waals surface area contributed by atoms with Gasteiger partial charge in [-0.05, 0) is 30.3 Å².